The molecule has 0 saturated carbocycles. The predicted octanol–water partition coefficient (Wildman–Crippen LogP) is 5.68. The molecule has 4 aromatic carbocycles. The van der Waals surface area contributed by atoms with E-state index in [1.165, 1.54) is 32.1 Å². The van der Waals surface area contributed by atoms with Crippen LogP contribution in [0, 0.1) is 25.2 Å². The average molecular weight is 859 g/mol. The van der Waals surface area contributed by atoms with Gasteiger partial charge in [-0.05, 0) is 79.8 Å². The topological polar surface area (TPSA) is 172 Å². The lowest BCUT2D eigenvalue weighted by atomic mass is 9.71. The van der Waals surface area contributed by atoms with Gasteiger partial charge >= 0.3 is 11.9 Å². The van der Waals surface area contributed by atoms with Gasteiger partial charge in [0.2, 0.25) is 6.79 Å². The van der Waals surface area contributed by atoms with E-state index in [-0.39, 0.29) is 42.4 Å². The molecule has 0 radical (unpaired) electrons. The van der Waals surface area contributed by atoms with Crippen molar-refractivity contribution in [1.82, 2.24) is 15.1 Å². The summed E-state index contributed by atoms with van der Waals surface area (Å²) in [5.74, 6) is 0.722. The summed E-state index contributed by atoms with van der Waals surface area (Å²) < 4.78 is 36.8. The molecule has 7 aliphatic heterocycles. The molecule has 11 rings (SSSR count). The van der Waals surface area contributed by atoms with E-state index in [0.717, 1.165) is 22.3 Å². The first-order chi connectivity index (χ1) is 30.0. The molecule has 7 aliphatic rings. The maximum atomic E-state index is 14.9. The summed E-state index contributed by atoms with van der Waals surface area (Å²) >= 11 is 1.47. The number of hydrogen-bond acceptors (Lipinski definition) is 15. The Kier molecular flexibility index (Phi) is 9.82. The molecule has 0 amide bonds. The monoisotopic (exact) mass is 858 g/mol. The number of carbonyl (C=O) groups is 2. The second kappa shape index (κ2) is 15.2. The molecule has 2 fully saturated rings. The number of piperazine rings is 1. The fourth-order valence-corrected chi connectivity index (χ4v) is 12.6. The number of ether oxygens (including phenoxy) is 6. The molecule has 0 aliphatic carbocycles. The summed E-state index contributed by atoms with van der Waals surface area (Å²) in [5.41, 5.74) is 5.06. The van der Waals surface area contributed by atoms with Crippen molar-refractivity contribution in [3.63, 3.8) is 0 Å². The van der Waals surface area contributed by atoms with E-state index in [1.807, 2.05) is 57.3 Å². The number of aromatic hydroxyl groups is 2. The van der Waals surface area contributed by atoms with Crippen LogP contribution < -0.4 is 29.0 Å². The summed E-state index contributed by atoms with van der Waals surface area (Å²) in [6.07, 6.45) is 4.10. The number of benzene rings is 4. The predicted molar refractivity (Wildman–Crippen MR) is 228 cm³/mol. The second-order valence-corrected chi connectivity index (χ2v) is 17.8. The van der Waals surface area contributed by atoms with E-state index in [2.05, 4.69) is 21.2 Å². The standard InChI is InChI=1S/C47H46N4O10S/c1-23-15-27-16-29-30(19-48)51-31-20-58-46(55)47(28-18-33(56-4)32(52)17-26(28)13-14-49-47)21-62-45(39(51)38(50(29)3)35(27)40(54)41(23)57-5)37-36(31)44-43(59-22-60-44)24(2)42(37)61-34(53)12-11-25-9-7-6-8-10-25/h6-12,15,17-18,29-31,38-39,45,49,52,54H,13-14,16,20-22H2,1-5H3/b12-11+/t29-,30+,31-,38+,39?,45-,47-/m1/s1. The van der Waals surface area contributed by atoms with Crippen molar-refractivity contribution in [2.75, 3.05) is 47.0 Å². The highest BCUT2D eigenvalue weighted by atomic mass is 32.2. The van der Waals surface area contributed by atoms with Crippen molar-refractivity contribution in [3.8, 4) is 46.3 Å². The summed E-state index contributed by atoms with van der Waals surface area (Å²) in [6, 6.07) is 14.6. The van der Waals surface area contributed by atoms with Crippen LogP contribution in [0.3, 0.4) is 0 Å². The third-order valence-electron chi connectivity index (χ3n) is 13.6. The van der Waals surface area contributed by atoms with E-state index in [0.29, 0.717) is 70.2 Å². The van der Waals surface area contributed by atoms with Crippen LogP contribution in [0.2, 0.25) is 0 Å². The van der Waals surface area contributed by atoms with Gasteiger partial charge in [0, 0.05) is 52.7 Å². The summed E-state index contributed by atoms with van der Waals surface area (Å²) in [5, 5.41) is 37.2. The molecule has 7 atom stereocenters. The fraction of sp³-hybridized carbons (Fsp3) is 0.383. The number of nitrogens with one attached hydrogen (secondary N) is 1. The van der Waals surface area contributed by atoms with Crippen molar-refractivity contribution in [2.45, 2.75) is 67.7 Å². The van der Waals surface area contributed by atoms with Crippen LogP contribution in [0.1, 0.15) is 67.4 Å². The van der Waals surface area contributed by atoms with Crippen molar-refractivity contribution < 1.29 is 48.2 Å². The van der Waals surface area contributed by atoms with E-state index >= 15 is 0 Å². The number of phenolic OH excluding ortho intramolecular Hbond substituents is 2. The van der Waals surface area contributed by atoms with Gasteiger partial charge in [0.1, 0.15) is 18.4 Å². The Hall–Kier alpha value is -5.92. The number of fused-ring (bicyclic) bond motifs is 9. The lowest BCUT2D eigenvalue weighted by Gasteiger charge is -2.62. The Morgan fingerprint density at radius 1 is 1.02 bits per heavy atom. The van der Waals surface area contributed by atoms with Gasteiger partial charge in [-0.1, -0.05) is 36.4 Å². The van der Waals surface area contributed by atoms with Crippen LogP contribution in [0.4, 0.5) is 0 Å². The SMILES string of the molecule is COc1cc2c(cc1O)CCN[C@]21CS[C@@H]2c3c(OC(=O)/C=C/c4ccccc4)c(C)c4c(c3[C@@H](COC1=O)N1C2[C@@H]2c3c(cc(C)c(OC)c3O)C[C@H]([C@@H]1C#N)N2C)OCO4. The average Bonchev–Trinajstić information content (AvgIpc) is 3.76. The van der Waals surface area contributed by atoms with Crippen LogP contribution in [-0.2, 0) is 32.7 Å². The van der Waals surface area contributed by atoms with E-state index in [1.54, 1.807) is 18.2 Å². The van der Waals surface area contributed by atoms with E-state index < -0.39 is 46.9 Å². The third-order valence-corrected chi connectivity index (χ3v) is 15.1. The van der Waals surface area contributed by atoms with Gasteiger partial charge in [-0.15, -0.1) is 11.8 Å². The number of hydrogen-bond donors (Lipinski definition) is 3. The molecular weight excluding hydrogens is 813 g/mol. The Bertz CT molecular complexity index is 2610. The smallest absolute Gasteiger partial charge is 0.336 e. The first-order valence-electron chi connectivity index (χ1n) is 20.6. The zero-order valence-corrected chi connectivity index (χ0v) is 35.7. The molecule has 4 bridgehead atoms. The Morgan fingerprint density at radius 2 is 1.81 bits per heavy atom. The maximum Gasteiger partial charge on any atom is 0.336 e. The van der Waals surface area contributed by atoms with Crippen LogP contribution in [0.5, 0.6) is 40.2 Å². The number of nitriles is 1. The molecule has 14 nitrogen and oxygen atoms in total. The first kappa shape index (κ1) is 40.2. The number of phenols is 2. The number of nitrogens with zero attached hydrogens (tertiary/aromatic N) is 3. The number of esters is 2. The number of methoxy groups -OCH3 is 2. The molecule has 7 heterocycles. The van der Waals surface area contributed by atoms with Gasteiger partial charge in [-0.3, -0.25) is 15.1 Å². The molecule has 4 aromatic rings. The quantitative estimate of drug-likeness (QED) is 0.127. The number of carbonyl (C=O) groups excluding carboxylic acids is 2. The van der Waals surface area contributed by atoms with Crippen molar-refractivity contribution in [1.29, 1.82) is 5.26 Å². The molecule has 62 heavy (non-hydrogen) atoms. The van der Waals surface area contributed by atoms with Gasteiger partial charge in [0.05, 0.1) is 37.6 Å². The Labute approximate surface area is 362 Å². The van der Waals surface area contributed by atoms with Gasteiger partial charge < -0.3 is 38.6 Å². The number of rotatable bonds is 5. The molecule has 1 spiro atoms. The molecule has 15 heteroatoms. The minimum absolute atomic E-state index is 0.0311. The molecule has 0 aromatic heterocycles. The highest BCUT2D eigenvalue weighted by Crippen LogP contribution is 2.64. The molecule has 1 unspecified atom stereocenters. The van der Waals surface area contributed by atoms with E-state index in [9.17, 15) is 25.1 Å². The molecule has 2 saturated heterocycles. The molecule has 3 N–H and O–H groups in total. The van der Waals surface area contributed by atoms with Crippen LogP contribution >= 0.6 is 11.8 Å². The lowest BCUT2D eigenvalue weighted by Crippen LogP contribution is -2.69. The van der Waals surface area contributed by atoms with Crippen molar-refractivity contribution in [3.05, 3.63) is 105 Å². The highest BCUT2D eigenvalue weighted by molar-refractivity contribution is 7.99. The van der Waals surface area contributed by atoms with E-state index in [4.69, 9.17) is 28.4 Å². The number of likely N-dealkylation sites (N-methyl/N-ethyl adjacent to an activating group) is 1. The largest absolute Gasteiger partial charge is 0.504 e. The minimum Gasteiger partial charge on any atom is -0.504 e. The van der Waals surface area contributed by atoms with Crippen molar-refractivity contribution in [2.24, 2.45) is 0 Å². The zero-order chi connectivity index (χ0) is 43.2. The lowest BCUT2D eigenvalue weighted by molar-refractivity contribution is -0.157. The third kappa shape index (κ3) is 5.87. The number of aryl methyl sites for hydroxylation is 1. The van der Waals surface area contributed by atoms with Crippen LogP contribution in [0.25, 0.3) is 6.08 Å². The van der Waals surface area contributed by atoms with Gasteiger partial charge in [-0.25, -0.2) is 9.59 Å². The van der Waals surface area contributed by atoms with Crippen LogP contribution in [-0.4, -0.2) is 97.0 Å². The minimum atomic E-state index is -1.40. The van der Waals surface area contributed by atoms with Gasteiger partial charge in [0.15, 0.2) is 40.0 Å². The normalized spacial score (nSPS) is 27.1. The first-order valence-corrected chi connectivity index (χ1v) is 21.7. The highest BCUT2D eigenvalue weighted by Gasteiger charge is 2.62. The van der Waals surface area contributed by atoms with Crippen molar-refractivity contribution >= 4 is 29.8 Å². The Morgan fingerprint density at radius 3 is 2.56 bits per heavy atom. The zero-order valence-electron chi connectivity index (χ0n) is 34.9. The second-order valence-electron chi connectivity index (χ2n) is 16.7. The fourth-order valence-electron chi connectivity index (χ4n) is 10.9. The number of thioether (sulfide) groups is 1. The molecular formula is C47H46N4O10S. The van der Waals surface area contributed by atoms with Gasteiger partial charge in [0.25, 0.3) is 0 Å². The summed E-state index contributed by atoms with van der Waals surface area (Å²) in [4.78, 5) is 33.3. The Balaban J connectivity index is 1.23. The summed E-state index contributed by atoms with van der Waals surface area (Å²) in [6.45, 7) is 3.87. The van der Waals surface area contributed by atoms with Gasteiger partial charge in [-0.2, -0.15) is 5.26 Å². The maximum absolute atomic E-state index is 14.9. The summed E-state index contributed by atoms with van der Waals surface area (Å²) in [7, 11) is 4.99. The van der Waals surface area contributed by atoms with Crippen LogP contribution in [0.15, 0.2) is 54.6 Å². The molecule has 320 valence electrons.